The minimum absolute atomic E-state index is 0.0555. The molecule has 11 heteroatoms. The Balaban J connectivity index is 1.62. The van der Waals surface area contributed by atoms with Crippen molar-refractivity contribution in [3.8, 4) is 11.3 Å². The van der Waals surface area contributed by atoms with Gasteiger partial charge in [-0.1, -0.05) is 24.1 Å². The second kappa shape index (κ2) is 7.14. The molecule has 1 N–H and O–H groups in total. The Morgan fingerprint density at radius 2 is 2.03 bits per heavy atom. The van der Waals surface area contributed by atoms with Crippen molar-refractivity contribution in [1.82, 2.24) is 14.7 Å². The summed E-state index contributed by atoms with van der Waals surface area (Å²) in [6.45, 7) is 0.726. The van der Waals surface area contributed by atoms with Crippen LogP contribution in [0.1, 0.15) is 36.2 Å². The van der Waals surface area contributed by atoms with Gasteiger partial charge < -0.3 is 4.90 Å². The van der Waals surface area contributed by atoms with E-state index in [-0.39, 0.29) is 18.4 Å². The van der Waals surface area contributed by atoms with Gasteiger partial charge in [0, 0.05) is 28.2 Å². The first-order valence-electron chi connectivity index (χ1n) is 9.87. The first-order chi connectivity index (χ1) is 14.6. The van der Waals surface area contributed by atoms with Gasteiger partial charge in [0.25, 0.3) is 11.8 Å². The summed E-state index contributed by atoms with van der Waals surface area (Å²) < 4.78 is 72.4. The summed E-state index contributed by atoms with van der Waals surface area (Å²) in [5, 5.41) is 0. The molecule has 1 aromatic carbocycles. The van der Waals surface area contributed by atoms with Crippen molar-refractivity contribution in [2.75, 3.05) is 23.5 Å². The molecule has 1 saturated heterocycles. The highest BCUT2D eigenvalue weighted by Crippen LogP contribution is 2.46. The molecule has 1 aromatic heterocycles. The number of alkyl halides is 4. The highest BCUT2D eigenvalue weighted by Gasteiger charge is 2.54. The van der Waals surface area contributed by atoms with Crippen LogP contribution in [0.4, 0.5) is 23.5 Å². The second-order valence-electron chi connectivity index (χ2n) is 8.11. The topological polar surface area (TPSA) is 58.1 Å². The van der Waals surface area contributed by atoms with Crippen molar-refractivity contribution in [2.45, 2.75) is 48.6 Å². The molecule has 1 aliphatic carbocycles. The van der Waals surface area contributed by atoms with E-state index >= 15 is 0 Å². The van der Waals surface area contributed by atoms with E-state index in [4.69, 9.17) is 0 Å². The third-order valence-corrected chi connectivity index (χ3v) is 8.23. The number of anilines is 1. The molecule has 2 aromatic rings. The zero-order valence-corrected chi connectivity index (χ0v) is 18.4. The Kier molecular flexibility index (Phi) is 4.87. The second-order valence-corrected chi connectivity index (χ2v) is 10.2. The summed E-state index contributed by atoms with van der Waals surface area (Å²) in [6.07, 6.45) is 1.59. The molecule has 2 aliphatic heterocycles. The largest absolute Gasteiger partial charge is 0.326 e. The summed E-state index contributed by atoms with van der Waals surface area (Å²) in [6, 6.07) is 4.11. The number of nitrogens with zero attached hydrogens (tertiary/aromatic N) is 3. The van der Waals surface area contributed by atoms with E-state index in [1.807, 2.05) is 12.3 Å². The van der Waals surface area contributed by atoms with Gasteiger partial charge in [0.15, 0.2) is 0 Å². The fourth-order valence-electron chi connectivity index (χ4n) is 4.37. The summed E-state index contributed by atoms with van der Waals surface area (Å²) in [5.74, 6) is -5.72. The molecule has 0 bridgehead atoms. The van der Waals surface area contributed by atoms with E-state index in [9.17, 15) is 21.8 Å². The van der Waals surface area contributed by atoms with Crippen LogP contribution in [-0.2, 0) is 23.1 Å². The summed E-state index contributed by atoms with van der Waals surface area (Å²) in [5.41, 5.74) is 1.70. The third-order valence-electron chi connectivity index (χ3n) is 6.23. The van der Waals surface area contributed by atoms with Crippen LogP contribution in [0.3, 0.4) is 0 Å². The van der Waals surface area contributed by atoms with Crippen molar-refractivity contribution in [2.24, 2.45) is 0 Å². The Morgan fingerprint density at radius 3 is 2.71 bits per heavy atom. The predicted octanol–water partition coefficient (Wildman–Crippen LogP) is 4.06. The Morgan fingerprint density at radius 1 is 1.26 bits per heavy atom. The maximum atomic E-state index is 14.5. The lowest BCUT2D eigenvalue weighted by atomic mass is 10.00. The van der Waals surface area contributed by atoms with Gasteiger partial charge in [-0.2, -0.15) is 8.78 Å². The van der Waals surface area contributed by atoms with Gasteiger partial charge in [-0.3, -0.25) is 8.93 Å². The summed E-state index contributed by atoms with van der Waals surface area (Å²) in [7, 11) is -1.22. The van der Waals surface area contributed by atoms with E-state index in [1.165, 1.54) is 23.8 Å². The first-order valence-corrected chi connectivity index (χ1v) is 12.4. The summed E-state index contributed by atoms with van der Waals surface area (Å²) in [4.78, 5) is 10.4. The van der Waals surface area contributed by atoms with Gasteiger partial charge in [0.1, 0.15) is 5.69 Å². The highest BCUT2D eigenvalue weighted by atomic mass is 32.2. The quantitative estimate of drug-likeness (QED) is 0.535. The molecular weight excluding hydrogens is 452 g/mol. The molecule has 2 unspecified atom stereocenters. The van der Waals surface area contributed by atoms with Crippen LogP contribution >= 0.6 is 11.9 Å². The van der Waals surface area contributed by atoms with E-state index in [0.29, 0.717) is 27.5 Å². The molecule has 0 amide bonds. The van der Waals surface area contributed by atoms with Crippen LogP contribution in [0.25, 0.3) is 11.3 Å². The lowest BCUT2D eigenvalue weighted by Crippen LogP contribution is -2.64. The average molecular weight is 473 g/mol. The van der Waals surface area contributed by atoms with Crippen molar-refractivity contribution in [1.29, 1.82) is 0 Å². The van der Waals surface area contributed by atoms with Crippen molar-refractivity contribution in [3.05, 3.63) is 35.0 Å². The normalized spacial score (nSPS) is 27.7. The van der Waals surface area contributed by atoms with Gasteiger partial charge in [0.05, 0.1) is 35.1 Å². The monoisotopic (exact) mass is 472 g/mol. The number of fused-ring (bicyclic) bond motifs is 2. The van der Waals surface area contributed by atoms with Crippen molar-refractivity contribution < 1.29 is 21.8 Å². The Hall–Kier alpha value is -1.72. The number of aromatic nitrogens is 2. The molecule has 0 saturated carbocycles. The molecule has 3 aliphatic rings. The summed E-state index contributed by atoms with van der Waals surface area (Å²) >= 11 is 1.44. The van der Waals surface area contributed by atoms with E-state index in [1.54, 1.807) is 12.1 Å². The molecule has 5 rings (SSSR count). The van der Waals surface area contributed by atoms with E-state index in [2.05, 4.69) is 14.7 Å². The van der Waals surface area contributed by atoms with Crippen LogP contribution in [0, 0.1) is 0 Å². The standard InChI is InChI=1S/C20H20F4N4OS2/c1-10-20(23,24)9-28(10)18-25-16(13-5-6-19(21,22)17(13)26-18)11-3-4-12-14(27-30-2)8-31(29)15(12)7-11/h3-4,7,10,14,27H,5-6,8-9H2,1-2H3/t10-,14?,31?/m0/s1. The van der Waals surface area contributed by atoms with Crippen molar-refractivity contribution >= 4 is 28.7 Å². The molecule has 3 atom stereocenters. The van der Waals surface area contributed by atoms with Crippen LogP contribution in [0.15, 0.2) is 23.1 Å². The molecule has 0 radical (unpaired) electrons. The number of hydrogen-bond donors (Lipinski definition) is 1. The van der Waals surface area contributed by atoms with Gasteiger partial charge >= 0.3 is 0 Å². The predicted molar refractivity (Wildman–Crippen MR) is 112 cm³/mol. The van der Waals surface area contributed by atoms with Gasteiger partial charge in [-0.25, -0.2) is 18.7 Å². The first kappa shape index (κ1) is 21.1. The highest BCUT2D eigenvalue weighted by molar-refractivity contribution is 7.96. The van der Waals surface area contributed by atoms with Crippen molar-refractivity contribution in [3.63, 3.8) is 0 Å². The maximum absolute atomic E-state index is 14.5. The number of benzene rings is 1. The SMILES string of the molecule is CSNC1CS(=O)c2cc(-c3nc(N4CC(F)(F)[C@@H]4C)nc4c3CCC4(F)F)ccc21. The zero-order chi connectivity index (χ0) is 22.1. The molecule has 31 heavy (non-hydrogen) atoms. The molecule has 3 heterocycles. The Labute approximate surface area is 183 Å². The molecular formula is C20H20F4N4OS2. The van der Waals surface area contributed by atoms with Crippen LogP contribution < -0.4 is 9.62 Å². The fourth-order valence-corrected chi connectivity index (χ4v) is 6.45. The number of nitrogens with one attached hydrogen (secondary N) is 1. The lowest BCUT2D eigenvalue weighted by molar-refractivity contribution is -0.0650. The van der Waals surface area contributed by atoms with Crippen LogP contribution in [0.2, 0.25) is 0 Å². The van der Waals surface area contributed by atoms with Gasteiger partial charge in [-0.05, 0) is 31.2 Å². The average Bonchev–Trinajstić information content (AvgIpc) is 3.21. The van der Waals surface area contributed by atoms with Crippen LogP contribution in [0.5, 0.6) is 0 Å². The number of rotatable bonds is 4. The minimum atomic E-state index is -3.13. The van der Waals surface area contributed by atoms with E-state index in [0.717, 1.165) is 5.56 Å². The van der Waals surface area contributed by atoms with E-state index < -0.39 is 47.3 Å². The minimum Gasteiger partial charge on any atom is -0.326 e. The Bertz CT molecular complexity index is 1100. The molecule has 166 valence electrons. The van der Waals surface area contributed by atoms with Crippen LogP contribution in [-0.4, -0.2) is 44.7 Å². The smallest absolute Gasteiger partial charge is 0.290 e. The molecule has 5 nitrogen and oxygen atoms in total. The lowest BCUT2D eigenvalue weighted by Gasteiger charge is -2.45. The maximum Gasteiger partial charge on any atom is 0.290 e. The van der Waals surface area contributed by atoms with Gasteiger partial charge in [0.2, 0.25) is 5.95 Å². The third kappa shape index (κ3) is 3.27. The molecule has 0 spiro atoms. The molecule has 1 fully saturated rings. The number of halogens is 4. The number of hydrogen-bond acceptors (Lipinski definition) is 6. The fraction of sp³-hybridized carbons (Fsp3) is 0.500. The zero-order valence-electron chi connectivity index (χ0n) is 16.8. The van der Waals surface area contributed by atoms with Gasteiger partial charge in [-0.15, -0.1) is 0 Å².